The summed E-state index contributed by atoms with van der Waals surface area (Å²) in [5.74, 6) is 0. The summed E-state index contributed by atoms with van der Waals surface area (Å²) in [6.07, 6.45) is 2.11. The Morgan fingerprint density at radius 1 is 0.917 bits per heavy atom. The van der Waals surface area contributed by atoms with E-state index in [0.717, 1.165) is 10.5 Å². The Kier molecular flexibility index (Phi) is 6.58. The number of hydrogen-bond acceptors (Lipinski definition) is 4. The van der Waals surface area contributed by atoms with E-state index in [1.54, 1.807) is 47.6 Å². The van der Waals surface area contributed by atoms with Crippen LogP contribution in [-0.2, 0) is 9.47 Å². The lowest BCUT2D eigenvalue weighted by molar-refractivity contribution is 0.00377. The van der Waals surface area contributed by atoms with Gasteiger partial charge in [-0.05, 0) is 47.1 Å². The van der Waals surface area contributed by atoms with Crippen molar-refractivity contribution in [3.05, 3.63) is 42.0 Å². The zero-order chi connectivity index (χ0) is 18.4. The van der Waals surface area contributed by atoms with Gasteiger partial charge in [0, 0.05) is 0 Å². The topological polar surface area (TPSA) is 55.8 Å². The number of rotatable bonds is 3. The van der Waals surface area contributed by atoms with Gasteiger partial charge in [0.2, 0.25) is 0 Å². The number of benzene rings is 1. The maximum Gasteiger partial charge on any atom is 0.420 e. The predicted octanol–water partition coefficient (Wildman–Crippen LogP) is 4.87. The van der Waals surface area contributed by atoms with Gasteiger partial charge in [-0.1, -0.05) is 42.5 Å². The minimum atomic E-state index is -0.727. The van der Waals surface area contributed by atoms with Crippen molar-refractivity contribution in [2.45, 2.75) is 52.7 Å². The van der Waals surface area contributed by atoms with Gasteiger partial charge in [-0.15, -0.1) is 0 Å². The molecule has 1 rings (SSSR count). The van der Waals surface area contributed by atoms with Crippen molar-refractivity contribution in [1.29, 1.82) is 0 Å². The monoisotopic (exact) mass is 333 g/mol. The van der Waals surface area contributed by atoms with Crippen LogP contribution >= 0.6 is 0 Å². The first-order valence-electron chi connectivity index (χ1n) is 7.93. The fourth-order valence-electron chi connectivity index (χ4n) is 1.72. The van der Waals surface area contributed by atoms with Gasteiger partial charge < -0.3 is 9.47 Å². The first kappa shape index (κ1) is 19.7. The van der Waals surface area contributed by atoms with E-state index in [1.807, 2.05) is 36.4 Å². The average Bonchev–Trinajstić information content (AvgIpc) is 2.40. The molecule has 5 heteroatoms. The van der Waals surface area contributed by atoms with Crippen LogP contribution in [0.3, 0.4) is 0 Å². The number of carbonyl (C=O) groups excluding carboxylic acids is 2. The molecule has 0 N–H and O–H groups in total. The standard InChI is InChI=1S/C19H27NO4/c1-18(2,3)23-16(21)20(17(22)24-19(4,5)6)14-10-13-15-11-8-7-9-12-15/h7-13H,14H2,1-6H3. The number of imide groups is 1. The second-order valence-corrected chi connectivity index (χ2v) is 7.38. The first-order chi connectivity index (χ1) is 11.0. The van der Waals surface area contributed by atoms with Crippen molar-refractivity contribution in [1.82, 2.24) is 4.90 Å². The average molecular weight is 333 g/mol. The maximum absolute atomic E-state index is 12.3. The Morgan fingerprint density at radius 2 is 1.38 bits per heavy atom. The van der Waals surface area contributed by atoms with Crippen molar-refractivity contribution in [3.8, 4) is 0 Å². The molecule has 0 aliphatic rings. The van der Waals surface area contributed by atoms with Crippen LogP contribution in [-0.4, -0.2) is 34.8 Å². The maximum atomic E-state index is 12.3. The van der Waals surface area contributed by atoms with Crippen LogP contribution in [0.5, 0.6) is 0 Å². The molecular formula is C19H27NO4. The van der Waals surface area contributed by atoms with E-state index in [1.165, 1.54) is 0 Å². The highest BCUT2D eigenvalue weighted by atomic mass is 16.6. The molecule has 1 aromatic rings. The molecule has 132 valence electrons. The second-order valence-electron chi connectivity index (χ2n) is 7.38. The quantitative estimate of drug-likeness (QED) is 0.791. The summed E-state index contributed by atoms with van der Waals surface area (Å²) in [5, 5.41) is 0. The van der Waals surface area contributed by atoms with Gasteiger partial charge in [0.1, 0.15) is 11.2 Å². The zero-order valence-corrected chi connectivity index (χ0v) is 15.3. The van der Waals surface area contributed by atoms with E-state index in [0.29, 0.717) is 0 Å². The van der Waals surface area contributed by atoms with Crippen molar-refractivity contribution >= 4 is 18.3 Å². The third-order valence-electron chi connectivity index (χ3n) is 2.63. The minimum Gasteiger partial charge on any atom is -0.443 e. The van der Waals surface area contributed by atoms with E-state index >= 15 is 0 Å². The van der Waals surface area contributed by atoms with Gasteiger partial charge in [-0.2, -0.15) is 0 Å². The molecule has 0 saturated carbocycles. The highest BCUT2D eigenvalue weighted by molar-refractivity contribution is 5.88. The molecule has 0 spiro atoms. The molecule has 0 aliphatic carbocycles. The Balaban J connectivity index is 2.86. The van der Waals surface area contributed by atoms with Crippen molar-refractivity contribution in [2.75, 3.05) is 6.54 Å². The lowest BCUT2D eigenvalue weighted by Gasteiger charge is -2.28. The van der Waals surface area contributed by atoms with Crippen LogP contribution in [0.4, 0.5) is 9.59 Å². The van der Waals surface area contributed by atoms with Crippen LogP contribution in [0.1, 0.15) is 47.1 Å². The number of carbonyl (C=O) groups is 2. The molecule has 0 aliphatic heterocycles. The van der Waals surface area contributed by atoms with Gasteiger partial charge >= 0.3 is 12.2 Å². The fraction of sp³-hybridized carbons (Fsp3) is 0.474. The largest absolute Gasteiger partial charge is 0.443 e. The third kappa shape index (κ3) is 7.81. The molecule has 0 aromatic heterocycles. The molecule has 0 radical (unpaired) electrons. The van der Waals surface area contributed by atoms with Gasteiger partial charge in [0.25, 0.3) is 0 Å². The van der Waals surface area contributed by atoms with Crippen molar-refractivity contribution in [2.24, 2.45) is 0 Å². The number of nitrogens with zero attached hydrogens (tertiary/aromatic N) is 1. The Bertz CT molecular complexity index is 552. The van der Waals surface area contributed by atoms with Gasteiger partial charge in [-0.25, -0.2) is 14.5 Å². The molecular weight excluding hydrogens is 306 g/mol. The Morgan fingerprint density at radius 3 is 1.79 bits per heavy atom. The highest BCUT2D eigenvalue weighted by Crippen LogP contribution is 2.14. The van der Waals surface area contributed by atoms with Crippen molar-refractivity contribution in [3.63, 3.8) is 0 Å². The van der Waals surface area contributed by atoms with Gasteiger partial charge in [0.05, 0.1) is 6.54 Å². The summed E-state index contributed by atoms with van der Waals surface area (Å²) < 4.78 is 10.6. The predicted molar refractivity (Wildman–Crippen MR) is 94.7 cm³/mol. The minimum absolute atomic E-state index is 0.0682. The smallest absolute Gasteiger partial charge is 0.420 e. The lowest BCUT2D eigenvalue weighted by atomic mass is 10.2. The van der Waals surface area contributed by atoms with E-state index < -0.39 is 23.4 Å². The fourth-order valence-corrected chi connectivity index (χ4v) is 1.72. The van der Waals surface area contributed by atoms with Gasteiger partial charge in [-0.3, -0.25) is 0 Å². The van der Waals surface area contributed by atoms with E-state index in [9.17, 15) is 9.59 Å². The van der Waals surface area contributed by atoms with Crippen molar-refractivity contribution < 1.29 is 19.1 Å². The number of hydrogen-bond donors (Lipinski definition) is 0. The summed E-state index contributed by atoms with van der Waals surface area (Å²) in [6.45, 7) is 10.6. The van der Waals surface area contributed by atoms with Crippen LogP contribution in [0.15, 0.2) is 36.4 Å². The normalized spacial score (nSPS) is 12.1. The van der Waals surface area contributed by atoms with E-state index in [2.05, 4.69) is 0 Å². The molecule has 2 amide bonds. The molecule has 0 heterocycles. The van der Waals surface area contributed by atoms with E-state index in [-0.39, 0.29) is 6.54 Å². The molecule has 0 saturated heterocycles. The summed E-state index contributed by atoms with van der Waals surface area (Å²) in [7, 11) is 0. The number of ether oxygens (including phenoxy) is 2. The summed E-state index contributed by atoms with van der Waals surface area (Å²) >= 11 is 0. The second kappa shape index (κ2) is 7.99. The van der Waals surface area contributed by atoms with Crippen LogP contribution in [0.25, 0.3) is 6.08 Å². The number of amides is 2. The zero-order valence-electron chi connectivity index (χ0n) is 15.3. The SMILES string of the molecule is CC(C)(C)OC(=O)N(CC=Cc1ccccc1)C(=O)OC(C)(C)C. The molecule has 1 aromatic carbocycles. The molecule has 0 atom stereocenters. The molecule has 5 nitrogen and oxygen atoms in total. The molecule has 0 bridgehead atoms. The molecule has 0 unspecified atom stereocenters. The van der Waals surface area contributed by atoms with Crippen LogP contribution in [0, 0.1) is 0 Å². The lowest BCUT2D eigenvalue weighted by Crippen LogP contribution is -2.43. The Hall–Kier alpha value is -2.30. The van der Waals surface area contributed by atoms with Crippen LogP contribution < -0.4 is 0 Å². The summed E-state index contributed by atoms with van der Waals surface area (Å²) in [4.78, 5) is 25.5. The van der Waals surface area contributed by atoms with Crippen LogP contribution in [0.2, 0.25) is 0 Å². The van der Waals surface area contributed by atoms with E-state index in [4.69, 9.17) is 9.47 Å². The summed E-state index contributed by atoms with van der Waals surface area (Å²) in [5.41, 5.74) is -0.410. The first-order valence-corrected chi connectivity index (χ1v) is 7.93. The highest BCUT2D eigenvalue weighted by Gasteiger charge is 2.30. The molecule has 24 heavy (non-hydrogen) atoms. The third-order valence-corrected chi connectivity index (χ3v) is 2.63. The molecule has 0 fully saturated rings. The Labute approximate surface area is 144 Å². The summed E-state index contributed by atoms with van der Waals surface area (Å²) in [6, 6.07) is 9.62. The van der Waals surface area contributed by atoms with Gasteiger partial charge in [0.15, 0.2) is 0 Å².